The van der Waals surface area contributed by atoms with Gasteiger partial charge < -0.3 is 10.1 Å². The minimum atomic E-state index is -0.285. The van der Waals surface area contributed by atoms with Gasteiger partial charge in [-0.1, -0.05) is 13.0 Å². The van der Waals surface area contributed by atoms with Crippen LogP contribution in [0.1, 0.15) is 25.7 Å². The van der Waals surface area contributed by atoms with E-state index in [1.807, 2.05) is 0 Å². The minimum Gasteiger partial charge on any atom is -0.466 e. The van der Waals surface area contributed by atoms with Gasteiger partial charge in [-0.3, -0.25) is 0 Å². The summed E-state index contributed by atoms with van der Waals surface area (Å²) in [5.41, 5.74) is 0.571. The van der Waals surface area contributed by atoms with Gasteiger partial charge in [0.2, 0.25) is 0 Å². The molecule has 1 aliphatic rings. The van der Waals surface area contributed by atoms with E-state index >= 15 is 0 Å². The Hall–Kier alpha value is -0.830. The Morgan fingerprint density at radius 2 is 2.38 bits per heavy atom. The molecule has 0 aromatic rings. The molecule has 0 spiro atoms. The van der Waals surface area contributed by atoms with Crippen LogP contribution in [0.4, 0.5) is 0 Å². The number of piperidine rings is 1. The number of rotatable bonds is 3. The smallest absolute Gasteiger partial charge is 0.333 e. The summed E-state index contributed by atoms with van der Waals surface area (Å²) >= 11 is 0. The number of esters is 1. The van der Waals surface area contributed by atoms with Gasteiger partial charge in [-0.2, -0.15) is 0 Å². The van der Waals surface area contributed by atoms with Crippen molar-refractivity contribution in [2.75, 3.05) is 13.7 Å². The molecule has 0 saturated carbocycles. The Kier molecular flexibility index (Phi) is 3.96. The number of hydrogen-bond acceptors (Lipinski definition) is 3. The van der Waals surface area contributed by atoms with Crippen LogP contribution >= 0.6 is 0 Å². The van der Waals surface area contributed by atoms with Crippen molar-refractivity contribution in [3.8, 4) is 0 Å². The number of methoxy groups -OCH3 is 1. The molecule has 3 nitrogen and oxygen atoms in total. The first-order valence-electron chi connectivity index (χ1n) is 4.73. The lowest BCUT2D eigenvalue weighted by atomic mass is 9.98. The third-order valence-corrected chi connectivity index (χ3v) is 2.38. The molecule has 1 atom stereocenters. The average Bonchev–Trinajstić information content (AvgIpc) is 2.18. The molecule has 1 rings (SSSR count). The second-order valence-electron chi connectivity index (χ2n) is 3.45. The van der Waals surface area contributed by atoms with Gasteiger partial charge in [0, 0.05) is 11.6 Å². The van der Waals surface area contributed by atoms with Crippen molar-refractivity contribution in [1.29, 1.82) is 0 Å². The molecule has 0 aromatic carbocycles. The van der Waals surface area contributed by atoms with E-state index in [9.17, 15) is 4.79 Å². The number of carbonyl (C=O) groups is 1. The fourth-order valence-electron chi connectivity index (χ4n) is 1.62. The average molecular weight is 183 g/mol. The topological polar surface area (TPSA) is 38.3 Å². The normalized spacial score (nSPS) is 22.4. The van der Waals surface area contributed by atoms with Crippen molar-refractivity contribution in [3.63, 3.8) is 0 Å². The van der Waals surface area contributed by atoms with Gasteiger partial charge in [-0.25, -0.2) is 4.79 Å². The summed E-state index contributed by atoms with van der Waals surface area (Å²) in [5, 5.41) is 3.36. The quantitative estimate of drug-likeness (QED) is 0.528. The molecule has 13 heavy (non-hydrogen) atoms. The Balaban J connectivity index is 2.30. The van der Waals surface area contributed by atoms with Crippen molar-refractivity contribution in [2.24, 2.45) is 0 Å². The van der Waals surface area contributed by atoms with Crippen molar-refractivity contribution in [1.82, 2.24) is 5.32 Å². The van der Waals surface area contributed by atoms with Gasteiger partial charge in [0.25, 0.3) is 0 Å². The van der Waals surface area contributed by atoms with E-state index in [-0.39, 0.29) is 5.97 Å². The molecule has 0 aliphatic carbocycles. The van der Waals surface area contributed by atoms with Crippen LogP contribution in [0.2, 0.25) is 0 Å². The molecule has 1 aliphatic heterocycles. The standard InChI is InChI=1S/C10H17NO2/c1-8(10(12)13-2)7-9-5-3-4-6-11-9/h9,11H,1,3-7H2,2H3. The predicted molar refractivity (Wildman–Crippen MR) is 51.4 cm³/mol. The SMILES string of the molecule is C=C(CC1CCCCN1)C(=O)OC. The first-order valence-corrected chi connectivity index (χ1v) is 4.73. The lowest BCUT2D eigenvalue weighted by Crippen LogP contribution is -2.34. The third kappa shape index (κ3) is 3.19. The van der Waals surface area contributed by atoms with Gasteiger partial charge in [0.1, 0.15) is 0 Å². The van der Waals surface area contributed by atoms with E-state index in [2.05, 4.69) is 16.6 Å². The number of hydrogen-bond donors (Lipinski definition) is 1. The van der Waals surface area contributed by atoms with Crippen LogP contribution in [0.25, 0.3) is 0 Å². The molecule has 1 fully saturated rings. The highest BCUT2D eigenvalue weighted by Crippen LogP contribution is 2.14. The second kappa shape index (κ2) is 5.02. The molecule has 0 radical (unpaired) electrons. The van der Waals surface area contributed by atoms with Gasteiger partial charge in [0.15, 0.2) is 0 Å². The summed E-state index contributed by atoms with van der Waals surface area (Å²) in [7, 11) is 1.39. The van der Waals surface area contributed by atoms with Gasteiger partial charge in [0.05, 0.1) is 7.11 Å². The molecular formula is C10H17NO2. The van der Waals surface area contributed by atoms with E-state index in [0.717, 1.165) is 13.0 Å². The highest BCUT2D eigenvalue weighted by Gasteiger charge is 2.16. The molecule has 1 N–H and O–H groups in total. The lowest BCUT2D eigenvalue weighted by molar-refractivity contribution is -0.136. The van der Waals surface area contributed by atoms with E-state index in [4.69, 9.17) is 0 Å². The minimum absolute atomic E-state index is 0.285. The molecule has 1 heterocycles. The highest BCUT2D eigenvalue weighted by molar-refractivity contribution is 5.87. The number of nitrogens with one attached hydrogen (secondary N) is 1. The van der Waals surface area contributed by atoms with Crippen LogP contribution in [-0.4, -0.2) is 25.7 Å². The Bertz CT molecular complexity index is 195. The van der Waals surface area contributed by atoms with E-state index in [0.29, 0.717) is 18.0 Å². The largest absolute Gasteiger partial charge is 0.466 e. The van der Waals surface area contributed by atoms with Crippen molar-refractivity contribution >= 4 is 5.97 Å². The molecule has 1 saturated heterocycles. The summed E-state index contributed by atoms with van der Waals surface area (Å²) in [5.74, 6) is -0.285. The summed E-state index contributed by atoms with van der Waals surface area (Å²) < 4.78 is 4.59. The van der Waals surface area contributed by atoms with Crippen LogP contribution in [-0.2, 0) is 9.53 Å². The van der Waals surface area contributed by atoms with Crippen LogP contribution in [0, 0.1) is 0 Å². The second-order valence-corrected chi connectivity index (χ2v) is 3.45. The molecule has 0 bridgehead atoms. The van der Waals surface area contributed by atoms with E-state index < -0.39 is 0 Å². The lowest BCUT2D eigenvalue weighted by Gasteiger charge is -2.23. The van der Waals surface area contributed by atoms with Crippen molar-refractivity contribution < 1.29 is 9.53 Å². The summed E-state index contributed by atoms with van der Waals surface area (Å²) in [6, 6.07) is 0.417. The Morgan fingerprint density at radius 1 is 1.62 bits per heavy atom. The third-order valence-electron chi connectivity index (χ3n) is 2.38. The van der Waals surface area contributed by atoms with Crippen LogP contribution in [0.15, 0.2) is 12.2 Å². The number of ether oxygens (including phenoxy) is 1. The summed E-state index contributed by atoms with van der Waals surface area (Å²) in [4.78, 5) is 11.0. The van der Waals surface area contributed by atoms with Crippen molar-refractivity contribution in [2.45, 2.75) is 31.7 Å². The molecule has 0 amide bonds. The molecule has 1 unspecified atom stereocenters. The Labute approximate surface area is 79.2 Å². The van der Waals surface area contributed by atoms with Crippen LogP contribution in [0.3, 0.4) is 0 Å². The fourth-order valence-corrected chi connectivity index (χ4v) is 1.62. The summed E-state index contributed by atoms with van der Waals surface area (Å²) in [6.07, 6.45) is 4.33. The maximum Gasteiger partial charge on any atom is 0.333 e. The zero-order chi connectivity index (χ0) is 9.68. The van der Waals surface area contributed by atoms with Crippen LogP contribution in [0.5, 0.6) is 0 Å². The fraction of sp³-hybridized carbons (Fsp3) is 0.700. The van der Waals surface area contributed by atoms with Gasteiger partial charge >= 0.3 is 5.97 Å². The first kappa shape index (κ1) is 10.3. The predicted octanol–water partition coefficient (Wildman–Crippen LogP) is 1.25. The summed E-state index contributed by atoms with van der Waals surface area (Å²) in [6.45, 7) is 4.76. The Morgan fingerprint density at radius 3 is 2.92 bits per heavy atom. The maximum absolute atomic E-state index is 11.0. The van der Waals surface area contributed by atoms with Crippen LogP contribution < -0.4 is 5.32 Å². The highest BCUT2D eigenvalue weighted by atomic mass is 16.5. The van der Waals surface area contributed by atoms with E-state index in [1.165, 1.54) is 20.0 Å². The number of carbonyl (C=O) groups excluding carboxylic acids is 1. The zero-order valence-corrected chi connectivity index (χ0v) is 8.14. The van der Waals surface area contributed by atoms with Crippen molar-refractivity contribution in [3.05, 3.63) is 12.2 Å². The van der Waals surface area contributed by atoms with Gasteiger partial charge in [-0.15, -0.1) is 0 Å². The molecular weight excluding hydrogens is 166 g/mol. The first-order chi connectivity index (χ1) is 6.24. The zero-order valence-electron chi connectivity index (χ0n) is 8.14. The molecule has 3 heteroatoms. The monoisotopic (exact) mass is 183 g/mol. The maximum atomic E-state index is 11.0. The molecule has 0 aromatic heterocycles. The van der Waals surface area contributed by atoms with Gasteiger partial charge in [-0.05, 0) is 25.8 Å². The van der Waals surface area contributed by atoms with E-state index in [1.54, 1.807) is 0 Å². The molecule has 74 valence electrons.